The van der Waals surface area contributed by atoms with Gasteiger partial charge in [-0.2, -0.15) is 0 Å². The number of piperazine rings is 1. The maximum absolute atomic E-state index is 12.3. The molecule has 2 rings (SSSR count). The molecule has 1 unspecified atom stereocenters. The molecule has 0 radical (unpaired) electrons. The molecule has 1 aromatic rings. The summed E-state index contributed by atoms with van der Waals surface area (Å²) in [6, 6.07) is 7.36. The van der Waals surface area contributed by atoms with Gasteiger partial charge >= 0.3 is 0 Å². The van der Waals surface area contributed by atoms with Crippen LogP contribution in [0, 0.1) is 0 Å². The minimum absolute atomic E-state index is 0.0157. The van der Waals surface area contributed by atoms with Crippen LogP contribution in [0.4, 0.5) is 5.69 Å². The van der Waals surface area contributed by atoms with Crippen molar-refractivity contribution in [1.82, 2.24) is 5.32 Å². The minimum atomic E-state index is -0.392. The summed E-state index contributed by atoms with van der Waals surface area (Å²) >= 11 is 0. The number of hydrogen-bond acceptors (Lipinski definition) is 2. The van der Waals surface area contributed by atoms with E-state index in [1.165, 1.54) is 0 Å². The zero-order chi connectivity index (χ0) is 13.1. The highest BCUT2D eigenvalue weighted by Crippen LogP contribution is 2.23. The summed E-state index contributed by atoms with van der Waals surface area (Å²) in [7, 11) is 0. The lowest BCUT2D eigenvalue weighted by molar-refractivity contribution is -0.131. The first kappa shape index (κ1) is 12.6. The molecule has 1 aliphatic rings. The molecule has 18 heavy (non-hydrogen) atoms. The van der Waals surface area contributed by atoms with Crippen molar-refractivity contribution >= 4 is 17.5 Å². The van der Waals surface area contributed by atoms with Crippen LogP contribution >= 0.6 is 0 Å². The van der Waals surface area contributed by atoms with Gasteiger partial charge in [-0.1, -0.05) is 32.0 Å². The quantitative estimate of drug-likeness (QED) is 0.878. The lowest BCUT2D eigenvalue weighted by Crippen LogP contribution is -2.58. The van der Waals surface area contributed by atoms with Crippen molar-refractivity contribution in [1.29, 1.82) is 0 Å². The molecular formula is C14H18N2O2. The molecule has 1 heterocycles. The molecule has 1 aliphatic heterocycles. The van der Waals surface area contributed by atoms with Gasteiger partial charge in [-0.15, -0.1) is 0 Å². The number of amides is 2. The van der Waals surface area contributed by atoms with Crippen LogP contribution in [0.3, 0.4) is 0 Å². The van der Waals surface area contributed by atoms with Crippen molar-refractivity contribution in [3.63, 3.8) is 0 Å². The molecule has 0 bridgehead atoms. The van der Waals surface area contributed by atoms with E-state index in [0.29, 0.717) is 6.42 Å². The first-order chi connectivity index (χ1) is 8.67. The third-order valence-electron chi connectivity index (χ3n) is 3.27. The Morgan fingerprint density at radius 2 is 2.00 bits per heavy atom. The monoisotopic (exact) mass is 246 g/mol. The van der Waals surface area contributed by atoms with E-state index < -0.39 is 6.04 Å². The molecule has 1 saturated heterocycles. The van der Waals surface area contributed by atoms with E-state index >= 15 is 0 Å². The van der Waals surface area contributed by atoms with Crippen molar-refractivity contribution in [2.75, 3.05) is 11.4 Å². The molecule has 1 fully saturated rings. The van der Waals surface area contributed by atoms with E-state index in [9.17, 15) is 9.59 Å². The lowest BCUT2D eigenvalue weighted by Gasteiger charge is -2.33. The molecule has 4 nitrogen and oxygen atoms in total. The number of carbonyl (C=O) groups is 2. The van der Waals surface area contributed by atoms with Gasteiger partial charge in [0.1, 0.15) is 12.6 Å². The van der Waals surface area contributed by atoms with E-state index in [0.717, 1.165) is 17.7 Å². The molecule has 0 aliphatic carbocycles. The predicted octanol–water partition coefficient (Wildman–Crippen LogP) is 1.49. The average molecular weight is 246 g/mol. The summed E-state index contributed by atoms with van der Waals surface area (Å²) in [5, 5.41) is 2.72. The van der Waals surface area contributed by atoms with Gasteiger partial charge in [-0.25, -0.2) is 0 Å². The van der Waals surface area contributed by atoms with Crippen molar-refractivity contribution in [3.05, 3.63) is 29.8 Å². The summed E-state index contributed by atoms with van der Waals surface area (Å²) < 4.78 is 0. The van der Waals surface area contributed by atoms with Crippen molar-refractivity contribution in [2.24, 2.45) is 0 Å². The van der Waals surface area contributed by atoms with Crippen molar-refractivity contribution in [3.8, 4) is 0 Å². The van der Waals surface area contributed by atoms with E-state index in [1.54, 1.807) is 4.90 Å². The van der Waals surface area contributed by atoms with Crippen LogP contribution < -0.4 is 10.2 Å². The van der Waals surface area contributed by atoms with Crippen LogP contribution in [-0.4, -0.2) is 24.4 Å². The molecule has 96 valence electrons. The standard InChI is InChI=1S/C14H18N2O2/c1-3-10-7-5-6-8-12(10)16-9-13(17)15-11(4-2)14(16)18/h5-8,11H,3-4,9H2,1-2H3,(H,15,17). The molecule has 0 spiro atoms. The Balaban J connectivity index is 2.36. The highest BCUT2D eigenvalue weighted by molar-refractivity contribution is 6.06. The summed E-state index contributed by atoms with van der Waals surface area (Å²) in [6.45, 7) is 4.06. The van der Waals surface area contributed by atoms with E-state index in [1.807, 2.05) is 38.1 Å². The van der Waals surface area contributed by atoms with Crippen LogP contribution in [0.5, 0.6) is 0 Å². The van der Waals surface area contributed by atoms with Gasteiger partial charge < -0.3 is 10.2 Å². The summed E-state index contributed by atoms with van der Waals surface area (Å²) in [5.41, 5.74) is 1.95. The van der Waals surface area contributed by atoms with Gasteiger partial charge in [-0.3, -0.25) is 9.59 Å². The van der Waals surface area contributed by atoms with Crippen LogP contribution in [0.1, 0.15) is 25.8 Å². The Hall–Kier alpha value is -1.84. The van der Waals surface area contributed by atoms with Gasteiger partial charge in [-0.05, 0) is 24.5 Å². The molecule has 1 N–H and O–H groups in total. The van der Waals surface area contributed by atoms with Crippen molar-refractivity contribution < 1.29 is 9.59 Å². The molecule has 1 aromatic carbocycles. The Kier molecular flexibility index (Phi) is 3.65. The Morgan fingerprint density at radius 1 is 1.28 bits per heavy atom. The van der Waals surface area contributed by atoms with Gasteiger partial charge in [0, 0.05) is 5.69 Å². The zero-order valence-electron chi connectivity index (χ0n) is 10.8. The Morgan fingerprint density at radius 3 is 2.67 bits per heavy atom. The summed E-state index contributed by atoms with van der Waals surface area (Å²) in [6.07, 6.45) is 1.47. The van der Waals surface area contributed by atoms with Gasteiger partial charge in [0.05, 0.1) is 0 Å². The number of nitrogens with one attached hydrogen (secondary N) is 1. The number of rotatable bonds is 3. The van der Waals surface area contributed by atoms with Gasteiger partial charge in [0.15, 0.2) is 0 Å². The third-order valence-corrected chi connectivity index (χ3v) is 3.27. The zero-order valence-corrected chi connectivity index (χ0v) is 10.8. The summed E-state index contributed by atoms with van der Waals surface area (Å²) in [5.74, 6) is -0.106. The first-order valence-corrected chi connectivity index (χ1v) is 6.36. The number of carbonyl (C=O) groups excluding carboxylic acids is 2. The Labute approximate surface area is 107 Å². The highest BCUT2D eigenvalue weighted by Gasteiger charge is 2.32. The van der Waals surface area contributed by atoms with Gasteiger partial charge in [0.2, 0.25) is 11.8 Å². The van der Waals surface area contributed by atoms with Crippen LogP contribution in [-0.2, 0) is 16.0 Å². The van der Waals surface area contributed by atoms with E-state index in [-0.39, 0.29) is 18.4 Å². The lowest BCUT2D eigenvalue weighted by atomic mass is 10.1. The largest absolute Gasteiger partial charge is 0.343 e. The highest BCUT2D eigenvalue weighted by atomic mass is 16.2. The topological polar surface area (TPSA) is 49.4 Å². The molecule has 2 amide bonds. The SMILES string of the molecule is CCc1ccccc1N1CC(=O)NC(CC)C1=O. The normalized spacial score (nSPS) is 19.9. The second-order valence-corrected chi connectivity index (χ2v) is 4.43. The fourth-order valence-corrected chi connectivity index (χ4v) is 2.27. The smallest absolute Gasteiger partial charge is 0.250 e. The first-order valence-electron chi connectivity index (χ1n) is 6.36. The molecule has 0 saturated carbocycles. The second-order valence-electron chi connectivity index (χ2n) is 4.43. The number of anilines is 1. The van der Waals surface area contributed by atoms with Crippen LogP contribution in [0.2, 0.25) is 0 Å². The third kappa shape index (κ3) is 2.23. The fourth-order valence-electron chi connectivity index (χ4n) is 2.27. The Bertz CT molecular complexity index is 471. The van der Waals surface area contributed by atoms with E-state index in [2.05, 4.69) is 5.32 Å². The van der Waals surface area contributed by atoms with Gasteiger partial charge in [0.25, 0.3) is 0 Å². The number of hydrogen-bond donors (Lipinski definition) is 1. The molecule has 1 atom stereocenters. The van der Waals surface area contributed by atoms with Crippen molar-refractivity contribution in [2.45, 2.75) is 32.7 Å². The number of para-hydroxylation sites is 1. The second kappa shape index (κ2) is 5.21. The summed E-state index contributed by atoms with van der Waals surface area (Å²) in [4.78, 5) is 25.5. The maximum atomic E-state index is 12.3. The fraction of sp³-hybridized carbons (Fsp3) is 0.429. The predicted molar refractivity (Wildman–Crippen MR) is 70.4 cm³/mol. The van der Waals surface area contributed by atoms with E-state index in [4.69, 9.17) is 0 Å². The molecule has 0 aromatic heterocycles. The van der Waals surface area contributed by atoms with Crippen LogP contribution in [0.25, 0.3) is 0 Å². The maximum Gasteiger partial charge on any atom is 0.250 e. The average Bonchev–Trinajstić information content (AvgIpc) is 2.41. The number of benzene rings is 1. The number of nitrogens with zero attached hydrogens (tertiary/aromatic N) is 1. The minimum Gasteiger partial charge on any atom is -0.343 e. The number of aryl methyl sites for hydroxylation is 1. The molecular weight excluding hydrogens is 228 g/mol. The molecule has 4 heteroatoms. The van der Waals surface area contributed by atoms with Crippen LogP contribution in [0.15, 0.2) is 24.3 Å².